The van der Waals surface area contributed by atoms with Crippen LogP contribution in [0, 0.1) is 5.92 Å². The van der Waals surface area contributed by atoms with E-state index in [0.29, 0.717) is 44.2 Å². The minimum Gasteiger partial charge on any atom is -0.454 e. The molecule has 2 rings (SSSR count). The zero-order valence-corrected chi connectivity index (χ0v) is 17.6. The Kier molecular flexibility index (Phi) is 9.11. The number of carbonyl (C=O) groups excluding carboxylic acids is 4. The van der Waals surface area contributed by atoms with Crippen LogP contribution in [0.1, 0.15) is 26.7 Å². The van der Waals surface area contributed by atoms with E-state index >= 15 is 0 Å². The van der Waals surface area contributed by atoms with Crippen LogP contribution in [-0.4, -0.2) is 72.9 Å². The molecule has 1 fully saturated rings. The average molecular weight is 418 g/mol. The molecule has 1 aromatic rings. The lowest BCUT2D eigenvalue weighted by Crippen LogP contribution is -2.52. The number of piperazine rings is 1. The van der Waals surface area contributed by atoms with Crippen molar-refractivity contribution in [2.24, 2.45) is 5.92 Å². The van der Waals surface area contributed by atoms with Gasteiger partial charge in [-0.1, -0.05) is 32.0 Å². The van der Waals surface area contributed by atoms with Gasteiger partial charge in [-0.3, -0.25) is 14.4 Å². The predicted octanol–water partition coefficient (Wildman–Crippen LogP) is 1.46. The van der Waals surface area contributed by atoms with Gasteiger partial charge >= 0.3 is 12.0 Å². The SMILES string of the molecule is CC(C)CCC(=O)NCC(=O)OCC(=O)N1CCN(C(=O)Nc2ccccc2)CC1. The highest BCUT2D eigenvalue weighted by molar-refractivity contribution is 5.89. The van der Waals surface area contributed by atoms with Crippen LogP contribution in [0.2, 0.25) is 0 Å². The summed E-state index contributed by atoms with van der Waals surface area (Å²) in [6.07, 6.45) is 1.10. The summed E-state index contributed by atoms with van der Waals surface area (Å²) in [7, 11) is 0. The van der Waals surface area contributed by atoms with Crippen molar-refractivity contribution in [2.75, 3.05) is 44.6 Å². The van der Waals surface area contributed by atoms with E-state index in [1.54, 1.807) is 21.9 Å². The van der Waals surface area contributed by atoms with E-state index in [9.17, 15) is 19.2 Å². The number of amides is 4. The topological polar surface area (TPSA) is 108 Å². The first kappa shape index (κ1) is 23.2. The number of benzene rings is 1. The Morgan fingerprint density at radius 1 is 1.00 bits per heavy atom. The first-order valence-corrected chi connectivity index (χ1v) is 10.2. The van der Waals surface area contributed by atoms with Crippen LogP contribution in [0.15, 0.2) is 30.3 Å². The minimum atomic E-state index is -0.651. The normalized spacial score (nSPS) is 13.7. The highest BCUT2D eigenvalue weighted by Gasteiger charge is 2.24. The summed E-state index contributed by atoms with van der Waals surface area (Å²) in [4.78, 5) is 51.0. The van der Waals surface area contributed by atoms with Gasteiger partial charge in [0.05, 0.1) is 0 Å². The Morgan fingerprint density at radius 3 is 2.27 bits per heavy atom. The number of hydrogen-bond donors (Lipinski definition) is 2. The van der Waals surface area contributed by atoms with E-state index in [1.165, 1.54) is 0 Å². The molecule has 0 aromatic heterocycles. The van der Waals surface area contributed by atoms with E-state index in [2.05, 4.69) is 10.6 Å². The molecule has 9 nitrogen and oxygen atoms in total. The van der Waals surface area contributed by atoms with Crippen molar-refractivity contribution < 1.29 is 23.9 Å². The Morgan fingerprint density at radius 2 is 1.63 bits per heavy atom. The standard InChI is InChI=1S/C21H30N4O5/c1-16(2)8-9-18(26)22-14-20(28)30-15-19(27)24-10-12-25(13-11-24)21(29)23-17-6-4-3-5-7-17/h3-7,16H,8-15H2,1-2H3,(H,22,26)(H,23,29). The Labute approximate surface area is 176 Å². The van der Waals surface area contributed by atoms with Gasteiger partial charge in [0.1, 0.15) is 6.54 Å². The van der Waals surface area contributed by atoms with Crippen LogP contribution in [0.4, 0.5) is 10.5 Å². The molecular weight excluding hydrogens is 388 g/mol. The fraction of sp³-hybridized carbons (Fsp3) is 0.524. The molecule has 0 saturated carbocycles. The first-order valence-electron chi connectivity index (χ1n) is 10.2. The number of anilines is 1. The molecule has 1 heterocycles. The Hall–Kier alpha value is -3.10. The predicted molar refractivity (Wildman–Crippen MR) is 112 cm³/mol. The molecule has 1 aliphatic heterocycles. The summed E-state index contributed by atoms with van der Waals surface area (Å²) in [5.41, 5.74) is 0.712. The molecule has 0 radical (unpaired) electrons. The molecule has 1 aromatic carbocycles. The zero-order chi connectivity index (χ0) is 21.9. The highest BCUT2D eigenvalue weighted by atomic mass is 16.5. The third-order valence-corrected chi connectivity index (χ3v) is 4.68. The third kappa shape index (κ3) is 8.10. The van der Waals surface area contributed by atoms with Crippen molar-refractivity contribution in [3.63, 3.8) is 0 Å². The van der Waals surface area contributed by atoms with Gasteiger partial charge in [-0.05, 0) is 24.5 Å². The summed E-state index contributed by atoms with van der Waals surface area (Å²) in [5, 5.41) is 5.30. The minimum absolute atomic E-state index is 0.211. The number of nitrogens with zero attached hydrogens (tertiary/aromatic N) is 2. The molecule has 9 heteroatoms. The van der Waals surface area contributed by atoms with Crippen LogP contribution in [-0.2, 0) is 19.1 Å². The van der Waals surface area contributed by atoms with Gasteiger partial charge in [0.2, 0.25) is 5.91 Å². The largest absolute Gasteiger partial charge is 0.454 e. The molecule has 0 atom stereocenters. The monoisotopic (exact) mass is 418 g/mol. The molecule has 4 amide bonds. The average Bonchev–Trinajstić information content (AvgIpc) is 2.75. The molecule has 1 aliphatic rings. The molecule has 1 saturated heterocycles. The Balaban J connectivity index is 1.63. The van der Waals surface area contributed by atoms with Gasteiger partial charge in [0, 0.05) is 38.3 Å². The lowest BCUT2D eigenvalue weighted by atomic mass is 10.1. The fourth-order valence-corrected chi connectivity index (χ4v) is 2.85. The van der Waals surface area contributed by atoms with Crippen LogP contribution >= 0.6 is 0 Å². The smallest absolute Gasteiger partial charge is 0.325 e. The van der Waals surface area contributed by atoms with Crippen molar-refractivity contribution in [3.05, 3.63) is 30.3 Å². The number of para-hydroxylation sites is 1. The number of urea groups is 1. The number of esters is 1. The molecule has 0 aliphatic carbocycles. The maximum Gasteiger partial charge on any atom is 0.325 e. The number of hydrogen-bond acceptors (Lipinski definition) is 5. The molecule has 2 N–H and O–H groups in total. The Bertz CT molecular complexity index is 730. The second-order valence-corrected chi connectivity index (χ2v) is 7.53. The molecule has 0 bridgehead atoms. The van der Waals surface area contributed by atoms with Gasteiger partial charge in [-0.15, -0.1) is 0 Å². The van der Waals surface area contributed by atoms with Crippen LogP contribution in [0.5, 0.6) is 0 Å². The quantitative estimate of drug-likeness (QED) is 0.622. The summed E-state index contributed by atoms with van der Waals surface area (Å²) in [5.74, 6) is -0.776. The van der Waals surface area contributed by atoms with Crippen molar-refractivity contribution >= 4 is 29.5 Å². The number of nitrogens with one attached hydrogen (secondary N) is 2. The summed E-state index contributed by atoms with van der Waals surface area (Å²) >= 11 is 0. The maximum absolute atomic E-state index is 12.3. The number of rotatable bonds is 8. The van der Waals surface area contributed by atoms with Gasteiger partial charge in [0.25, 0.3) is 5.91 Å². The second-order valence-electron chi connectivity index (χ2n) is 7.53. The van der Waals surface area contributed by atoms with Crippen LogP contribution < -0.4 is 10.6 Å². The fourth-order valence-electron chi connectivity index (χ4n) is 2.85. The van der Waals surface area contributed by atoms with Crippen molar-refractivity contribution in [1.29, 1.82) is 0 Å². The maximum atomic E-state index is 12.3. The zero-order valence-electron chi connectivity index (χ0n) is 17.6. The van der Waals surface area contributed by atoms with E-state index < -0.39 is 5.97 Å². The van der Waals surface area contributed by atoms with E-state index in [0.717, 1.165) is 6.42 Å². The molecule has 164 valence electrons. The summed E-state index contributed by atoms with van der Waals surface area (Å²) in [6.45, 7) is 4.92. The van der Waals surface area contributed by atoms with Crippen LogP contribution in [0.3, 0.4) is 0 Å². The van der Waals surface area contributed by atoms with Crippen LogP contribution in [0.25, 0.3) is 0 Å². The van der Waals surface area contributed by atoms with Crippen molar-refractivity contribution in [3.8, 4) is 0 Å². The number of ether oxygens (including phenoxy) is 1. The second kappa shape index (κ2) is 11.8. The van der Waals surface area contributed by atoms with E-state index in [1.807, 2.05) is 32.0 Å². The first-order chi connectivity index (χ1) is 14.3. The highest BCUT2D eigenvalue weighted by Crippen LogP contribution is 2.09. The van der Waals surface area contributed by atoms with Gasteiger partial charge in [-0.25, -0.2) is 4.79 Å². The van der Waals surface area contributed by atoms with Gasteiger partial charge in [-0.2, -0.15) is 0 Å². The van der Waals surface area contributed by atoms with E-state index in [-0.39, 0.29) is 31.0 Å². The summed E-state index contributed by atoms with van der Waals surface area (Å²) in [6, 6.07) is 8.94. The van der Waals surface area contributed by atoms with Crippen molar-refractivity contribution in [2.45, 2.75) is 26.7 Å². The van der Waals surface area contributed by atoms with Gasteiger partial charge in [0.15, 0.2) is 6.61 Å². The molecular formula is C21H30N4O5. The van der Waals surface area contributed by atoms with Gasteiger partial charge < -0.3 is 25.2 Å². The molecule has 30 heavy (non-hydrogen) atoms. The lowest BCUT2D eigenvalue weighted by Gasteiger charge is -2.34. The molecule has 0 unspecified atom stereocenters. The molecule has 0 spiro atoms. The lowest BCUT2D eigenvalue weighted by molar-refractivity contribution is -0.152. The van der Waals surface area contributed by atoms with Crippen molar-refractivity contribution in [1.82, 2.24) is 15.1 Å². The third-order valence-electron chi connectivity index (χ3n) is 4.68. The number of carbonyl (C=O) groups is 4. The summed E-state index contributed by atoms with van der Waals surface area (Å²) < 4.78 is 4.95. The van der Waals surface area contributed by atoms with E-state index in [4.69, 9.17) is 4.74 Å².